The number of unbranched alkanes of at least 4 members (excludes halogenated alkanes) is 1. The summed E-state index contributed by atoms with van der Waals surface area (Å²) in [6.07, 6.45) is 4.51. The lowest BCUT2D eigenvalue weighted by atomic mass is 10.2. The maximum absolute atomic E-state index is 5.78. The molecule has 2 rings (SSSR count). The second-order valence-corrected chi connectivity index (χ2v) is 6.86. The first kappa shape index (κ1) is 25.0. The van der Waals surface area contributed by atoms with Crippen LogP contribution in [0.3, 0.4) is 0 Å². The highest BCUT2D eigenvalue weighted by molar-refractivity contribution is 14.0. The van der Waals surface area contributed by atoms with Gasteiger partial charge in [-0.25, -0.2) is 0 Å². The topological polar surface area (TPSA) is 58.1 Å². The number of nitrogens with one attached hydrogen (secondary N) is 2. The summed E-state index contributed by atoms with van der Waals surface area (Å²) in [6.45, 7) is 8.06. The minimum atomic E-state index is 0. The SMILES string of the molecule is CCNC(=NCCCOC1CCOC1)NCCCCN(C)c1ccccc1.I. The van der Waals surface area contributed by atoms with Gasteiger partial charge in [0, 0.05) is 52.1 Å². The van der Waals surface area contributed by atoms with Crippen LogP contribution < -0.4 is 15.5 Å². The second kappa shape index (κ2) is 15.8. The molecule has 160 valence electrons. The first-order valence-electron chi connectivity index (χ1n) is 10.3. The van der Waals surface area contributed by atoms with Crippen LogP contribution in [0.5, 0.6) is 0 Å². The molecule has 2 N–H and O–H groups in total. The molecule has 1 aromatic rings. The summed E-state index contributed by atoms with van der Waals surface area (Å²) in [6, 6.07) is 10.5. The summed E-state index contributed by atoms with van der Waals surface area (Å²) in [5.41, 5.74) is 1.27. The highest BCUT2D eigenvalue weighted by atomic mass is 127. The summed E-state index contributed by atoms with van der Waals surface area (Å²) in [5, 5.41) is 6.73. The molecule has 1 fully saturated rings. The zero-order chi connectivity index (χ0) is 19.2. The number of halogens is 1. The molecular formula is C21H37IN4O2. The van der Waals surface area contributed by atoms with E-state index in [0.717, 1.165) is 77.6 Å². The van der Waals surface area contributed by atoms with E-state index in [2.05, 4.69) is 64.8 Å². The Labute approximate surface area is 187 Å². The Morgan fingerprint density at radius 2 is 2.04 bits per heavy atom. The number of guanidine groups is 1. The standard InChI is InChI=1S/C21H36N4O2.HI/c1-3-22-21(24-14-9-16-27-20-12-17-26-18-20)23-13-7-8-15-25(2)19-10-5-4-6-11-19;/h4-6,10-11,20H,3,7-9,12-18H2,1-2H3,(H2,22,23,24);1H. The number of rotatable bonds is 12. The number of aliphatic imine (C=N–C) groups is 1. The molecule has 0 spiro atoms. The van der Waals surface area contributed by atoms with Crippen LogP contribution in [-0.4, -0.2) is 65.1 Å². The smallest absolute Gasteiger partial charge is 0.191 e. The van der Waals surface area contributed by atoms with Gasteiger partial charge < -0.3 is 25.0 Å². The van der Waals surface area contributed by atoms with E-state index in [1.165, 1.54) is 5.69 Å². The highest BCUT2D eigenvalue weighted by Gasteiger charge is 2.15. The van der Waals surface area contributed by atoms with Crippen molar-refractivity contribution in [2.24, 2.45) is 4.99 Å². The van der Waals surface area contributed by atoms with Gasteiger partial charge in [0.15, 0.2) is 5.96 Å². The minimum absolute atomic E-state index is 0. The van der Waals surface area contributed by atoms with Crippen LogP contribution in [0, 0.1) is 0 Å². The average Bonchev–Trinajstić information content (AvgIpc) is 3.21. The summed E-state index contributed by atoms with van der Waals surface area (Å²) in [5.74, 6) is 0.901. The highest BCUT2D eigenvalue weighted by Crippen LogP contribution is 2.11. The van der Waals surface area contributed by atoms with Gasteiger partial charge in [-0.05, 0) is 44.7 Å². The number of benzene rings is 1. The van der Waals surface area contributed by atoms with Crippen molar-refractivity contribution in [1.29, 1.82) is 0 Å². The third kappa shape index (κ3) is 10.5. The van der Waals surface area contributed by atoms with Gasteiger partial charge in [0.25, 0.3) is 0 Å². The number of ether oxygens (including phenoxy) is 2. The first-order chi connectivity index (χ1) is 13.3. The number of hydrogen-bond acceptors (Lipinski definition) is 4. The van der Waals surface area contributed by atoms with Gasteiger partial charge in [0.2, 0.25) is 0 Å². The van der Waals surface area contributed by atoms with Crippen molar-refractivity contribution < 1.29 is 9.47 Å². The largest absolute Gasteiger partial charge is 0.379 e. The lowest BCUT2D eigenvalue weighted by Gasteiger charge is -2.19. The van der Waals surface area contributed by atoms with Crippen LogP contribution in [0.25, 0.3) is 0 Å². The molecule has 0 aliphatic carbocycles. The van der Waals surface area contributed by atoms with E-state index in [-0.39, 0.29) is 30.1 Å². The van der Waals surface area contributed by atoms with Crippen LogP contribution in [0.4, 0.5) is 5.69 Å². The van der Waals surface area contributed by atoms with Gasteiger partial charge in [0.1, 0.15) is 0 Å². The predicted octanol–water partition coefficient (Wildman–Crippen LogP) is 3.27. The minimum Gasteiger partial charge on any atom is -0.379 e. The Morgan fingerprint density at radius 3 is 2.75 bits per heavy atom. The van der Waals surface area contributed by atoms with Crippen LogP contribution in [-0.2, 0) is 9.47 Å². The van der Waals surface area contributed by atoms with Gasteiger partial charge in [-0.2, -0.15) is 0 Å². The van der Waals surface area contributed by atoms with E-state index < -0.39 is 0 Å². The number of nitrogens with zero attached hydrogens (tertiary/aromatic N) is 2. The Kier molecular flexibility index (Phi) is 14.1. The van der Waals surface area contributed by atoms with E-state index in [9.17, 15) is 0 Å². The van der Waals surface area contributed by atoms with Crippen molar-refractivity contribution in [3.05, 3.63) is 30.3 Å². The van der Waals surface area contributed by atoms with Crippen LogP contribution >= 0.6 is 24.0 Å². The summed E-state index contributed by atoms with van der Waals surface area (Å²) >= 11 is 0. The van der Waals surface area contributed by atoms with E-state index in [1.807, 2.05) is 0 Å². The normalized spacial score (nSPS) is 16.5. The lowest BCUT2D eigenvalue weighted by molar-refractivity contribution is 0.0424. The summed E-state index contributed by atoms with van der Waals surface area (Å²) in [4.78, 5) is 6.93. The van der Waals surface area contributed by atoms with Crippen LogP contribution in [0.1, 0.15) is 32.6 Å². The maximum atomic E-state index is 5.78. The molecular weight excluding hydrogens is 467 g/mol. The maximum Gasteiger partial charge on any atom is 0.191 e. The molecule has 0 amide bonds. The summed E-state index contributed by atoms with van der Waals surface area (Å²) in [7, 11) is 2.15. The van der Waals surface area contributed by atoms with Crippen molar-refractivity contribution in [1.82, 2.24) is 10.6 Å². The summed E-state index contributed by atoms with van der Waals surface area (Å²) < 4.78 is 11.1. The van der Waals surface area contributed by atoms with Crippen molar-refractivity contribution in [2.75, 3.05) is 57.9 Å². The molecule has 1 heterocycles. The number of anilines is 1. The van der Waals surface area contributed by atoms with Crippen molar-refractivity contribution in [3.8, 4) is 0 Å². The molecule has 1 aromatic carbocycles. The molecule has 1 unspecified atom stereocenters. The van der Waals surface area contributed by atoms with Gasteiger partial charge in [-0.3, -0.25) is 4.99 Å². The van der Waals surface area contributed by atoms with E-state index >= 15 is 0 Å². The first-order valence-corrected chi connectivity index (χ1v) is 10.3. The molecule has 7 heteroatoms. The average molecular weight is 504 g/mol. The second-order valence-electron chi connectivity index (χ2n) is 6.86. The third-order valence-corrected chi connectivity index (χ3v) is 4.57. The third-order valence-electron chi connectivity index (χ3n) is 4.57. The molecule has 0 aromatic heterocycles. The Hall–Kier alpha value is -1.06. The van der Waals surface area contributed by atoms with Crippen molar-refractivity contribution >= 4 is 35.6 Å². The van der Waals surface area contributed by atoms with Gasteiger partial charge in [0.05, 0.1) is 12.7 Å². The zero-order valence-electron chi connectivity index (χ0n) is 17.4. The van der Waals surface area contributed by atoms with Crippen molar-refractivity contribution in [2.45, 2.75) is 38.7 Å². The zero-order valence-corrected chi connectivity index (χ0v) is 19.7. The Morgan fingerprint density at radius 1 is 1.21 bits per heavy atom. The molecule has 0 radical (unpaired) electrons. The van der Waals surface area contributed by atoms with E-state index in [1.54, 1.807) is 0 Å². The van der Waals surface area contributed by atoms with Gasteiger partial charge in [-0.15, -0.1) is 24.0 Å². The quantitative estimate of drug-likeness (QED) is 0.198. The van der Waals surface area contributed by atoms with Crippen LogP contribution in [0.2, 0.25) is 0 Å². The molecule has 0 saturated carbocycles. The molecule has 6 nitrogen and oxygen atoms in total. The Balaban J connectivity index is 0.00000392. The number of hydrogen-bond donors (Lipinski definition) is 2. The van der Waals surface area contributed by atoms with Gasteiger partial charge in [-0.1, -0.05) is 18.2 Å². The monoisotopic (exact) mass is 504 g/mol. The fraction of sp³-hybridized carbons (Fsp3) is 0.667. The predicted molar refractivity (Wildman–Crippen MR) is 128 cm³/mol. The van der Waals surface area contributed by atoms with E-state index in [0.29, 0.717) is 0 Å². The fourth-order valence-electron chi connectivity index (χ4n) is 2.98. The number of para-hydroxylation sites is 1. The molecule has 1 saturated heterocycles. The van der Waals surface area contributed by atoms with Gasteiger partial charge >= 0.3 is 0 Å². The molecule has 1 aliphatic rings. The molecule has 1 aliphatic heterocycles. The van der Waals surface area contributed by atoms with Crippen LogP contribution in [0.15, 0.2) is 35.3 Å². The Bertz CT molecular complexity index is 524. The molecule has 0 bridgehead atoms. The molecule has 28 heavy (non-hydrogen) atoms. The molecule has 1 atom stereocenters. The van der Waals surface area contributed by atoms with Crippen molar-refractivity contribution in [3.63, 3.8) is 0 Å². The van der Waals surface area contributed by atoms with E-state index in [4.69, 9.17) is 9.47 Å². The fourth-order valence-corrected chi connectivity index (χ4v) is 2.98. The lowest BCUT2D eigenvalue weighted by Crippen LogP contribution is -2.38.